The average Bonchev–Trinajstić information content (AvgIpc) is 3.26. The number of rotatable bonds is 5. The van der Waals surface area contributed by atoms with Gasteiger partial charge in [-0.1, -0.05) is 11.6 Å². The van der Waals surface area contributed by atoms with Crippen molar-refractivity contribution in [3.63, 3.8) is 0 Å². The molecule has 4 amide bonds. The molecule has 2 aliphatic rings. The fraction of sp³-hybridized carbons (Fsp3) is 0.444. The number of amides is 4. The smallest absolute Gasteiger partial charge is 0.324 e. The Kier molecular flexibility index (Phi) is 5.73. The Morgan fingerprint density at radius 1 is 1.32 bits per heavy atom. The van der Waals surface area contributed by atoms with Gasteiger partial charge in [-0.25, -0.2) is 4.79 Å². The van der Waals surface area contributed by atoms with Crippen LogP contribution in [0.2, 0.25) is 5.02 Å². The summed E-state index contributed by atoms with van der Waals surface area (Å²) in [6.45, 7) is 2.07. The second kappa shape index (κ2) is 8.05. The largest absolute Gasteiger partial charge is 0.495 e. The number of methoxy groups -OCH3 is 1. The zero-order valence-corrected chi connectivity index (χ0v) is 16.2. The van der Waals surface area contributed by atoms with Gasteiger partial charge in [-0.15, -0.1) is 0 Å². The molecular weight excluding hydrogens is 390 g/mol. The van der Waals surface area contributed by atoms with E-state index in [0.29, 0.717) is 23.0 Å². The second-order valence-electron chi connectivity index (χ2n) is 6.52. The van der Waals surface area contributed by atoms with Gasteiger partial charge < -0.3 is 19.7 Å². The number of carbonyl (C=O) groups is 4. The number of imide groups is 1. The second-order valence-corrected chi connectivity index (χ2v) is 6.96. The van der Waals surface area contributed by atoms with E-state index in [2.05, 4.69) is 5.32 Å². The average molecular weight is 410 g/mol. The Labute approximate surface area is 166 Å². The maximum Gasteiger partial charge on any atom is 0.324 e. The molecule has 0 aromatic heterocycles. The zero-order valence-electron chi connectivity index (χ0n) is 15.4. The summed E-state index contributed by atoms with van der Waals surface area (Å²) in [7, 11) is 1.47. The molecule has 9 nitrogen and oxygen atoms in total. The van der Waals surface area contributed by atoms with Crippen LogP contribution in [0.15, 0.2) is 18.2 Å². The predicted octanol–water partition coefficient (Wildman–Crippen LogP) is 1.18. The van der Waals surface area contributed by atoms with Gasteiger partial charge in [0.15, 0.2) is 6.10 Å². The number of benzene rings is 1. The van der Waals surface area contributed by atoms with Crippen LogP contribution in [0.5, 0.6) is 5.75 Å². The number of hydrogen-bond donors (Lipinski definition) is 1. The van der Waals surface area contributed by atoms with Crippen molar-refractivity contribution in [3.8, 4) is 5.75 Å². The number of hydrogen-bond acceptors (Lipinski definition) is 6. The molecule has 2 fully saturated rings. The number of ether oxygens (including phenoxy) is 2. The van der Waals surface area contributed by atoms with E-state index in [9.17, 15) is 19.2 Å². The lowest BCUT2D eigenvalue weighted by Gasteiger charge is -2.21. The van der Waals surface area contributed by atoms with Crippen LogP contribution in [0.3, 0.4) is 0 Å². The lowest BCUT2D eigenvalue weighted by molar-refractivity contribution is -0.160. The van der Waals surface area contributed by atoms with Crippen LogP contribution in [0.4, 0.5) is 10.5 Å². The summed E-state index contributed by atoms with van der Waals surface area (Å²) < 4.78 is 10.5. The van der Waals surface area contributed by atoms with Crippen LogP contribution in [-0.4, -0.2) is 61.6 Å². The first-order chi connectivity index (χ1) is 13.3. The first kappa shape index (κ1) is 19.9. The Balaban J connectivity index is 1.66. The number of carbonyl (C=O) groups excluding carboxylic acids is 4. The topological polar surface area (TPSA) is 105 Å². The third-order valence-electron chi connectivity index (χ3n) is 4.65. The molecule has 1 aromatic carbocycles. The van der Waals surface area contributed by atoms with E-state index in [0.717, 1.165) is 4.90 Å². The number of esters is 1. The molecule has 2 aliphatic heterocycles. The van der Waals surface area contributed by atoms with Crippen molar-refractivity contribution in [2.45, 2.75) is 19.4 Å². The summed E-state index contributed by atoms with van der Waals surface area (Å²) in [5.74, 6) is -1.83. The number of nitrogens with one attached hydrogen (secondary N) is 1. The monoisotopic (exact) mass is 409 g/mol. The summed E-state index contributed by atoms with van der Waals surface area (Å²) in [6.07, 6.45) is -1.18. The highest BCUT2D eigenvalue weighted by molar-refractivity contribution is 6.31. The van der Waals surface area contributed by atoms with E-state index in [1.54, 1.807) is 18.2 Å². The molecule has 2 saturated heterocycles. The van der Waals surface area contributed by atoms with Crippen molar-refractivity contribution in [1.29, 1.82) is 0 Å². The van der Waals surface area contributed by atoms with Gasteiger partial charge in [-0.2, -0.15) is 0 Å². The molecule has 10 heteroatoms. The Bertz CT molecular complexity index is 830. The van der Waals surface area contributed by atoms with E-state index in [1.165, 1.54) is 18.9 Å². The van der Waals surface area contributed by atoms with Crippen LogP contribution < -0.4 is 15.0 Å². The maximum absolute atomic E-state index is 12.5. The van der Waals surface area contributed by atoms with Crippen molar-refractivity contribution in [3.05, 3.63) is 23.2 Å². The normalized spacial score (nSPS) is 20.2. The van der Waals surface area contributed by atoms with Crippen LogP contribution >= 0.6 is 11.6 Å². The van der Waals surface area contributed by atoms with E-state index < -0.39 is 29.9 Å². The molecular formula is C18H20ClN3O6. The van der Waals surface area contributed by atoms with Crippen LogP contribution in [0.25, 0.3) is 0 Å². The minimum atomic E-state index is -1.12. The molecule has 2 heterocycles. The van der Waals surface area contributed by atoms with Gasteiger partial charge in [0.2, 0.25) is 5.91 Å². The zero-order chi connectivity index (χ0) is 20.4. The number of nitrogens with zero attached hydrogens (tertiary/aromatic N) is 2. The van der Waals surface area contributed by atoms with E-state index >= 15 is 0 Å². The van der Waals surface area contributed by atoms with Crippen molar-refractivity contribution < 1.29 is 28.7 Å². The van der Waals surface area contributed by atoms with E-state index in [-0.39, 0.29) is 25.4 Å². The predicted molar refractivity (Wildman–Crippen MR) is 99.1 cm³/mol. The molecule has 3 rings (SSSR count). The van der Waals surface area contributed by atoms with Gasteiger partial charge in [0, 0.05) is 31.1 Å². The molecule has 0 unspecified atom stereocenters. The van der Waals surface area contributed by atoms with E-state index in [4.69, 9.17) is 21.1 Å². The third kappa shape index (κ3) is 3.89. The van der Waals surface area contributed by atoms with Gasteiger partial charge in [-0.05, 0) is 25.1 Å². The van der Waals surface area contributed by atoms with Gasteiger partial charge in [-0.3, -0.25) is 19.3 Å². The minimum absolute atomic E-state index is 0.0559. The van der Waals surface area contributed by atoms with Crippen LogP contribution in [0.1, 0.15) is 13.3 Å². The summed E-state index contributed by atoms with van der Waals surface area (Å²) in [4.78, 5) is 51.1. The molecule has 150 valence electrons. The highest BCUT2D eigenvalue weighted by Gasteiger charge is 2.39. The summed E-state index contributed by atoms with van der Waals surface area (Å²) in [5.41, 5.74) is 0.466. The highest BCUT2D eigenvalue weighted by Crippen LogP contribution is 2.35. The summed E-state index contributed by atoms with van der Waals surface area (Å²) >= 11 is 6.02. The van der Waals surface area contributed by atoms with Crippen molar-refractivity contribution >= 4 is 41.1 Å². The maximum atomic E-state index is 12.5. The van der Waals surface area contributed by atoms with Crippen LogP contribution in [-0.2, 0) is 19.1 Å². The van der Waals surface area contributed by atoms with Crippen LogP contribution in [0, 0.1) is 5.92 Å². The highest BCUT2D eigenvalue weighted by atomic mass is 35.5. The number of urea groups is 1. The van der Waals surface area contributed by atoms with Crippen molar-refractivity contribution in [2.24, 2.45) is 5.92 Å². The summed E-state index contributed by atoms with van der Waals surface area (Å²) in [6, 6.07) is 4.35. The van der Waals surface area contributed by atoms with Gasteiger partial charge in [0.25, 0.3) is 5.91 Å². The Morgan fingerprint density at radius 3 is 2.71 bits per heavy atom. The first-order valence-corrected chi connectivity index (χ1v) is 9.13. The molecule has 1 N–H and O–H groups in total. The third-order valence-corrected chi connectivity index (χ3v) is 4.89. The standard InChI is InChI=1S/C18H20ClN3O6/c1-10(16(24)21-6-5-20-18(21)26)28-17(25)11-7-15(23)22(9-11)13-8-12(19)3-4-14(13)27-2/h3-4,8,10-11H,5-7,9H2,1-2H3,(H,20,26)/t10-,11-/m1/s1. The molecule has 0 aliphatic carbocycles. The number of anilines is 1. The lowest BCUT2D eigenvalue weighted by Crippen LogP contribution is -2.42. The quantitative estimate of drug-likeness (QED) is 0.732. The van der Waals surface area contributed by atoms with Gasteiger partial charge >= 0.3 is 12.0 Å². The lowest BCUT2D eigenvalue weighted by atomic mass is 10.1. The van der Waals surface area contributed by atoms with Crippen molar-refractivity contribution in [1.82, 2.24) is 10.2 Å². The van der Waals surface area contributed by atoms with Crippen molar-refractivity contribution in [2.75, 3.05) is 31.6 Å². The molecule has 0 spiro atoms. The molecule has 0 bridgehead atoms. The minimum Gasteiger partial charge on any atom is -0.495 e. The van der Waals surface area contributed by atoms with Gasteiger partial charge in [0.1, 0.15) is 5.75 Å². The molecule has 28 heavy (non-hydrogen) atoms. The fourth-order valence-electron chi connectivity index (χ4n) is 3.19. The van der Waals surface area contributed by atoms with Gasteiger partial charge in [0.05, 0.1) is 18.7 Å². The molecule has 0 radical (unpaired) electrons. The Morgan fingerprint density at radius 2 is 2.07 bits per heavy atom. The first-order valence-electron chi connectivity index (χ1n) is 8.75. The molecule has 0 saturated carbocycles. The Hall–Kier alpha value is -2.81. The van der Waals surface area contributed by atoms with E-state index in [1.807, 2.05) is 0 Å². The summed E-state index contributed by atoms with van der Waals surface area (Å²) in [5, 5.41) is 2.94. The SMILES string of the molecule is COc1ccc(Cl)cc1N1C[C@H](C(=O)O[C@H](C)C(=O)N2CCNC2=O)CC1=O. The fourth-order valence-corrected chi connectivity index (χ4v) is 3.36. The molecule has 1 aromatic rings. The number of halogens is 1. The molecule has 2 atom stereocenters.